The molecule has 0 aliphatic heterocycles. The average Bonchev–Trinajstić information content (AvgIpc) is 3.34. The summed E-state index contributed by atoms with van der Waals surface area (Å²) in [4.78, 5) is 8.56. The van der Waals surface area contributed by atoms with Crippen molar-refractivity contribution in [3.05, 3.63) is 71.3 Å². The van der Waals surface area contributed by atoms with E-state index >= 15 is 0 Å². The van der Waals surface area contributed by atoms with Crippen molar-refractivity contribution in [2.75, 3.05) is 5.75 Å². The van der Waals surface area contributed by atoms with Crippen molar-refractivity contribution in [3.63, 3.8) is 0 Å². The van der Waals surface area contributed by atoms with Crippen LogP contribution in [0.2, 0.25) is 0 Å². The number of aromatic nitrogens is 2. The highest BCUT2D eigenvalue weighted by Crippen LogP contribution is 2.31. The van der Waals surface area contributed by atoms with E-state index in [-0.39, 0.29) is 22.9 Å². The first-order valence-corrected chi connectivity index (χ1v) is 9.97. The molecule has 0 aliphatic rings. The van der Waals surface area contributed by atoms with Crippen LogP contribution in [-0.4, -0.2) is 20.8 Å². The van der Waals surface area contributed by atoms with E-state index in [0.29, 0.717) is 21.6 Å². The number of fused-ring (bicyclic) bond motifs is 1. The first kappa shape index (κ1) is 18.2. The molecule has 0 fully saturated rings. The molecule has 0 amide bonds. The monoisotopic (exact) mass is 409 g/mol. The summed E-state index contributed by atoms with van der Waals surface area (Å²) in [5, 5.41) is 20.7. The second-order valence-corrected chi connectivity index (χ2v) is 7.66. The molecule has 28 heavy (non-hydrogen) atoms. The zero-order valence-electron chi connectivity index (χ0n) is 14.3. The van der Waals surface area contributed by atoms with Gasteiger partial charge in [-0.2, -0.15) is 5.26 Å². The zero-order chi connectivity index (χ0) is 19.5. The molecule has 8 heteroatoms. The lowest BCUT2D eigenvalue weighted by Gasteiger charge is -2.00. The van der Waals surface area contributed by atoms with Gasteiger partial charge in [0.1, 0.15) is 28.2 Å². The number of benzene rings is 2. The highest BCUT2D eigenvalue weighted by molar-refractivity contribution is 7.99. The van der Waals surface area contributed by atoms with Crippen LogP contribution >= 0.6 is 23.1 Å². The Hall–Kier alpha value is -3.15. The van der Waals surface area contributed by atoms with Gasteiger partial charge in [0.2, 0.25) is 0 Å². The van der Waals surface area contributed by atoms with E-state index in [9.17, 15) is 14.8 Å². The van der Waals surface area contributed by atoms with Gasteiger partial charge in [0.15, 0.2) is 5.76 Å². The number of allylic oxidation sites excluding steroid dienone is 1. The number of rotatable bonds is 5. The Bertz CT molecular complexity index is 1170. The summed E-state index contributed by atoms with van der Waals surface area (Å²) in [7, 11) is 0. The van der Waals surface area contributed by atoms with Crippen LogP contribution in [0.4, 0.5) is 4.39 Å². The van der Waals surface area contributed by atoms with Crippen molar-refractivity contribution < 1.29 is 13.9 Å². The van der Waals surface area contributed by atoms with E-state index in [4.69, 9.17) is 4.42 Å². The number of halogens is 1. The minimum absolute atomic E-state index is 0.0897. The first-order chi connectivity index (χ1) is 13.6. The van der Waals surface area contributed by atoms with Crippen molar-refractivity contribution in [2.45, 2.75) is 5.22 Å². The Morgan fingerprint density at radius 3 is 2.75 bits per heavy atom. The van der Waals surface area contributed by atoms with Crippen LogP contribution in [0.3, 0.4) is 0 Å². The van der Waals surface area contributed by atoms with Crippen LogP contribution in [0, 0.1) is 17.1 Å². The Labute approximate surface area is 167 Å². The fraction of sp³-hybridized carbons (Fsp3) is 0.0500. The standard InChI is InChI=1S/C20H12FN3O2S2/c21-13-7-5-12(6-8-13)17-10-23-20(26-17)27-11-16(25)14(9-22)19-24-15-3-1-2-4-18(15)28-19/h1-8,10,25H,11H2/b16-14+. The highest BCUT2D eigenvalue weighted by atomic mass is 32.2. The molecule has 2 heterocycles. The molecule has 4 aromatic rings. The molecular weight excluding hydrogens is 397 g/mol. The molecule has 2 aromatic carbocycles. The van der Waals surface area contributed by atoms with Crippen molar-refractivity contribution in [1.29, 1.82) is 5.26 Å². The predicted molar refractivity (Wildman–Crippen MR) is 107 cm³/mol. The number of para-hydroxylation sites is 1. The van der Waals surface area contributed by atoms with Gasteiger partial charge in [0.05, 0.1) is 22.2 Å². The molecule has 0 aliphatic carbocycles. The number of hydrogen-bond donors (Lipinski definition) is 1. The quantitative estimate of drug-likeness (QED) is 0.260. The fourth-order valence-corrected chi connectivity index (χ4v) is 4.15. The Morgan fingerprint density at radius 2 is 2.00 bits per heavy atom. The molecule has 0 spiro atoms. The smallest absolute Gasteiger partial charge is 0.256 e. The van der Waals surface area contributed by atoms with Gasteiger partial charge < -0.3 is 9.52 Å². The van der Waals surface area contributed by atoms with Gasteiger partial charge in [-0.3, -0.25) is 0 Å². The first-order valence-electron chi connectivity index (χ1n) is 8.17. The summed E-state index contributed by atoms with van der Waals surface area (Å²) in [5.74, 6) is 0.194. The van der Waals surface area contributed by atoms with E-state index in [1.165, 1.54) is 29.7 Å². The molecule has 4 rings (SSSR count). The lowest BCUT2D eigenvalue weighted by Crippen LogP contribution is -1.92. The summed E-state index contributed by atoms with van der Waals surface area (Å²) in [5.41, 5.74) is 1.62. The number of thiazole rings is 1. The van der Waals surface area contributed by atoms with Crippen LogP contribution in [0.25, 0.3) is 27.1 Å². The topological polar surface area (TPSA) is 82.9 Å². The van der Waals surface area contributed by atoms with Crippen molar-refractivity contribution >= 4 is 38.9 Å². The SMILES string of the molecule is N#C/C(=C(\O)CSc1ncc(-c2ccc(F)cc2)o1)c1nc2ccccc2s1. The Kier molecular flexibility index (Phi) is 5.10. The highest BCUT2D eigenvalue weighted by Gasteiger charge is 2.15. The van der Waals surface area contributed by atoms with Crippen LogP contribution in [0.15, 0.2) is 70.1 Å². The zero-order valence-corrected chi connectivity index (χ0v) is 15.9. The van der Waals surface area contributed by atoms with E-state index < -0.39 is 0 Å². The molecule has 0 saturated carbocycles. The lowest BCUT2D eigenvalue weighted by atomic mass is 10.2. The molecule has 1 N–H and O–H groups in total. The van der Waals surface area contributed by atoms with E-state index in [0.717, 1.165) is 22.0 Å². The molecular formula is C20H12FN3O2S2. The number of thioether (sulfide) groups is 1. The summed E-state index contributed by atoms with van der Waals surface area (Å²) >= 11 is 2.51. The minimum atomic E-state index is -0.327. The minimum Gasteiger partial charge on any atom is -0.510 e. The van der Waals surface area contributed by atoms with Gasteiger partial charge in [-0.25, -0.2) is 14.4 Å². The molecule has 0 atom stereocenters. The van der Waals surface area contributed by atoms with Crippen molar-refractivity contribution in [1.82, 2.24) is 9.97 Å². The normalized spacial score (nSPS) is 12.0. The van der Waals surface area contributed by atoms with Crippen LogP contribution in [0.1, 0.15) is 5.01 Å². The van der Waals surface area contributed by atoms with Gasteiger partial charge in [-0.05, 0) is 36.4 Å². The summed E-state index contributed by atoms with van der Waals surface area (Å²) in [6.07, 6.45) is 1.54. The Morgan fingerprint density at radius 1 is 1.21 bits per heavy atom. The number of aliphatic hydroxyl groups is 1. The maximum absolute atomic E-state index is 13.0. The molecule has 0 unspecified atom stereocenters. The van der Waals surface area contributed by atoms with Crippen LogP contribution in [-0.2, 0) is 0 Å². The maximum atomic E-state index is 13.0. The average molecular weight is 409 g/mol. The van der Waals surface area contributed by atoms with Crippen LogP contribution in [0.5, 0.6) is 0 Å². The largest absolute Gasteiger partial charge is 0.510 e. The third kappa shape index (κ3) is 3.76. The number of nitrogens with zero attached hydrogens (tertiary/aromatic N) is 3. The van der Waals surface area contributed by atoms with Gasteiger partial charge in [0.25, 0.3) is 5.22 Å². The summed E-state index contributed by atoms with van der Waals surface area (Å²) < 4.78 is 19.6. The second kappa shape index (κ2) is 7.84. The number of aliphatic hydroxyl groups excluding tert-OH is 1. The van der Waals surface area contributed by atoms with Crippen molar-refractivity contribution in [3.8, 4) is 17.4 Å². The third-order valence-corrected chi connectivity index (χ3v) is 5.76. The van der Waals surface area contributed by atoms with Gasteiger partial charge in [-0.15, -0.1) is 11.3 Å². The number of nitriles is 1. The second-order valence-electron chi connectivity index (χ2n) is 5.71. The summed E-state index contributed by atoms with van der Waals surface area (Å²) in [6.45, 7) is 0. The molecule has 138 valence electrons. The van der Waals surface area contributed by atoms with E-state index in [1.807, 2.05) is 30.3 Å². The third-order valence-electron chi connectivity index (χ3n) is 3.85. The summed E-state index contributed by atoms with van der Waals surface area (Å²) in [6, 6.07) is 15.5. The molecule has 0 radical (unpaired) electrons. The van der Waals surface area contributed by atoms with Gasteiger partial charge in [0, 0.05) is 5.56 Å². The van der Waals surface area contributed by atoms with Crippen molar-refractivity contribution in [2.24, 2.45) is 0 Å². The lowest BCUT2D eigenvalue weighted by molar-refractivity contribution is 0.419. The molecule has 2 aromatic heterocycles. The Balaban J connectivity index is 1.51. The maximum Gasteiger partial charge on any atom is 0.256 e. The van der Waals surface area contributed by atoms with Gasteiger partial charge in [-0.1, -0.05) is 23.9 Å². The number of hydrogen-bond acceptors (Lipinski definition) is 7. The van der Waals surface area contributed by atoms with E-state index in [2.05, 4.69) is 9.97 Å². The number of oxazole rings is 1. The predicted octanol–water partition coefficient (Wildman–Crippen LogP) is 5.68. The van der Waals surface area contributed by atoms with Gasteiger partial charge >= 0.3 is 0 Å². The van der Waals surface area contributed by atoms with Crippen LogP contribution < -0.4 is 0 Å². The van der Waals surface area contributed by atoms with E-state index in [1.54, 1.807) is 12.1 Å². The molecule has 5 nitrogen and oxygen atoms in total. The molecule has 0 bridgehead atoms. The molecule has 0 saturated heterocycles. The fourth-order valence-electron chi connectivity index (χ4n) is 2.49.